The summed E-state index contributed by atoms with van der Waals surface area (Å²) in [4.78, 5) is 21.9. The van der Waals surface area contributed by atoms with Gasteiger partial charge >= 0.3 is 5.97 Å². The summed E-state index contributed by atoms with van der Waals surface area (Å²) in [6.45, 7) is 4.25. The number of hydrogen-bond acceptors (Lipinski definition) is 3. The van der Waals surface area contributed by atoms with Crippen LogP contribution in [-0.2, 0) is 14.3 Å². The maximum Gasteiger partial charge on any atom is 0.308 e. The maximum absolute atomic E-state index is 11.4. The smallest absolute Gasteiger partial charge is 0.308 e. The van der Waals surface area contributed by atoms with Crippen LogP contribution >= 0.6 is 0 Å². The summed E-state index contributed by atoms with van der Waals surface area (Å²) in [7, 11) is 0. The molecule has 1 saturated carbocycles. The lowest BCUT2D eigenvalue weighted by atomic mass is 10.2. The third-order valence-electron chi connectivity index (χ3n) is 2.45. The molecule has 0 radical (unpaired) electrons. The highest BCUT2D eigenvalue weighted by atomic mass is 16.5. The first-order chi connectivity index (χ1) is 7.06. The van der Waals surface area contributed by atoms with Gasteiger partial charge in [-0.05, 0) is 13.3 Å². The van der Waals surface area contributed by atoms with Gasteiger partial charge in [0.1, 0.15) is 0 Å². The van der Waals surface area contributed by atoms with E-state index in [4.69, 9.17) is 9.84 Å². The lowest BCUT2D eigenvalue weighted by molar-refractivity contribution is -0.141. The molecule has 2 N–H and O–H groups in total. The number of amides is 1. The van der Waals surface area contributed by atoms with Crippen molar-refractivity contribution in [2.24, 2.45) is 11.8 Å². The van der Waals surface area contributed by atoms with E-state index in [-0.39, 0.29) is 24.5 Å². The molecule has 0 saturated heterocycles. The molecule has 0 spiro atoms. The number of rotatable bonds is 6. The van der Waals surface area contributed by atoms with Gasteiger partial charge in [0.2, 0.25) is 5.91 Å². The number of hydrogen-bond donors (Lipinski definition) is 2. The topological polar surface area (TPSA) is 75.6 Å². The van der Waals surface area contributed by atoms with Crippen molar-refractivity contribution < 1.29 is 19.4 Å². The fourth-order valence-corrected chi connectivity index (χ4v) is 1.32. The van der Waals surface area contributed by atoms with Crippen LogP contribution in [0.3, 0.4) is 0 Å². The van der Waals surface area contributed by atoms with E-state index in [1.54, 1.807) is 6.92 Å². The number of carboxylic acid groups (broad SMARTS) is 1. The quantitative estimate of drug-likeness (QED) is 0.666. The first-order valence-electron chi connectivity index (χ1n) is 5.18. The Kier molecular flexibility index (Phi) is 4.08. The Morgan fingerprint density at radius 2 is 2.27 bits per heavy atom. The zero-order valence-electron chi connectivity index (χ0n) is 9.03. The van der Waals surface area contributed by atoms with Crippen LogP contribution in [0.2, 0.25) is 0 Å². The third-order valence-corrected chi connectivity index (χ3v) is 2.45. The predicted octanol–water partition coefficient (Wildman–Crippen LogP) is 0.248. The van der Waals surface area contributed by atoms with E-state index < -0.39 is 11.9 Å². The number of aliphatic carboxylic acids is 1. The molecule has 0 aliphatic heterocycles. The Bertz CT molecular complexity index is 254. The lowest BCUT2D eigenvalue weighted by Crippen LogP contribution is -2.33. The molecule has 3 atom stereocenters. The van der Waals surface area contributed by atoms with E-state index in [1.807, 2.05) is 6.92 Å². The van der Waals surface area contributed by atoms with Crippen LogP contribution in [0.25, 0.3) is 0 Å². The number of ether oxygens (including phenoxy) is 1. The first kappa shape index (κ1) is 12.0. The molecule has 0 aromatic heterocycles. The highest BCUT2D eigenvalue weighted by molar-refractivity contribution is 5.82. The molecule has 0 heterocycles. The third kappa shape index (κ3) is 3.51. The second-order valence-electron chi connectivity index (χ2n) is 3.82. The fraction of sp³-hybridized carbons (Fsp3) is 0.800. The molecule has 0 aromatic rings. The normalized spacial score (nSPS) is 25.7. The van der Waals surface area contributed by atoms with Crippen molar-refractivity contribution in [1.82, 2.24) is 5.32 Å². The molecule has 1 aliphatic rings. The molecule has 1 aliphatic carbocycles. The highest BCUT2D eigenvalue weighted by Crippen LogP contribution is 2.33. The van der Waals surface area contributed by atoms with Crippen LogP contribution in [0.4, 0.5) is 0 Å². The average molecular weight is 215 g/mol. The van der Waals surface area contributed by atoms with Crippen molar-refractivity contribution in [2.75, 3.05) is 13.2 Å². The molecule has 0 aromatic carbocycles. The van der Waals surface area contributed by atoms with Crippen LogP contribution in [0, 0.1) is 11.8 Å². The molecular weight excluding hydrogens is 198 g/mol. The Balaban J connectivity index is 2.18. The van der Waals surface area contributed by atoms with E-state index in [0.29, 0.717) is 6.61 Å². The van der Waals surface area contributed by atoms with E-state index in [0.717, 1.165) is 6.42 Å². The summed E-state index contributed by atoms with van der Waals surface area (Å²) >= 11 is 0. The van der Waals surface area contributed by atoms with E-state index in [2.05, 4.69) is 5.32 Å². The number of nitrogens with one attached hydrogen (secondary N) is 1. The van der Waals surface area contributed by atoms with Gasteiger partial charge in [-0.15, -0.1) is 0 Å². The predicted molar refractivity (Wildman–Crippen MR) is 53.3 cm³/mol. The van der Waals surface area contributed by atoms with Gasteiger partial charge in [0.15, 0.2) is 0 Å². The lowest BCUT2D eigenvalue weighted by Gasteiger charge is -2.07. The van der Waals surface area contributed by atoms with Crippen molar-refractivity contribution in [3.63, 3.8) is 0 Å². The number of carbonyl (C=O) groups is 2. The van der Waals surface area contributed by atoms with Crippen molar-refractivity contribution in [1.29, 1.82) is 0 Å². The zero-order chi connectivity index (χ0) is 11.4. The van der Waals surface area contributed by atoms with Crippen LogP contribution < -0.4 is 5.32 Å². The van der Waals surface area contributed by atoms with Gasteiger partial charge in [-0.1, -0.05) is 6.92 Å². The Morgan fingerprint density at radius 1 is 1.60 bits per heavy atom. The zero-order valence-corrected chi connectivity index (χ0v) is 9.03. The van der Waals surface area contributed by atoms with Crippen LogP contribution in [0.1, 0.15) is 20.3 Å². The highest BCUT2D eigenvalue weighted by Gasteiger charge is 2.43. The molecule has 15 heavy (non-hydrogen) atoms. The van der Waals surface area contributed by atoms with Crippen LogP contribution in [0.5, 0.6) is 0 Å². The number of carbonyl (C=O) groups excluding carboxylic acids is 1. The molecule has 86 valence electrons. The summed E-state index contributed by atoms with van der Waals surface area (Å²) in [5, 5.41) is 11.2. The van der Waals surface area contributed by atoms with Crippen molar-refractivity contribution >= 4 is 11.9 Å². The van der Waals surface area contributed by atoms with E-state index in [1.165, 1.54) is 0 Å². The Morgan fingerprint density at radius 3 is 2.80 bits per heavy atom. The second kappa shape index (κ2) is 5.11. The summed E-state index contributed by atoms with van der Waals surface area (Å²) < 4.78 is 5.26. The van der Waals surface area contributed by atoms with Gasteiger partial charge in [0.05, 0.1) is 17.9 Å². The summed E-state index contributed by atoms with van der Waals surface area (Å²) in [6.07, 6.45) is 0.788. The minimum absolute atomic E-state index is 0.0372. The molecule has 1 fully saturated rings. The van der Waals surface area contributed by atoms with Crippen LogP contribution in [0.15, 0.2) is 0 Å². The minimum atomic E-state index is -0.896. The van der Waals surface area contributed by atoms with Crippen LogP contribution in [-0.4, -0.2) is 36.2 Å². The largest absolute Gasteiger partial charge is 0.481 e. The molecular formula is C10H17NO4. The number of carboxylic acids is 1. The summed E-state index contributed by atoms with van der Waals surface area (Å²) in [5.74, 6) is -1.61. The van der Waals surface area contributed by atoms with Gasteiger partial charge < -0.3 is 15.2 Å². The monoisotopic (exact) mass is 215 g/mol. The first-order valence-corrected chi connectivity index (χ1v) is 5.18. The average Bonchev–Trinajstić information content (AvgIpc) is 2.93. The van der Waals surface area contributed by atoms with Gasteiger partial charge in [0.25, 0.3) is 0 Å². The second-order valence-corrected chi connectivity index (χ2v) is 3.82. The fourth-order valence-electron chi connectivity index (χ4n) is 1.32. The van der Waals surface area contributed by atoms with Crippen molar-refractivity contribution in [3.8, 4) is 0 Å². The van der Waals surface area contributed by atoms with Gasteiger partial charge in [-0.2, -0.15) is 0 Å². The maximum atomic E-state index is 11.4. The molecule has 1 amide bonds. The van der Waals surface area contributed by atoms with E-state index >= 15 is 0 Å². The molecule has 0 bridgehead atoms. The van der Waals surface area contributed by atoms with E-state index in [9.17, 15) is 9.59 Å². The van der Waals surface area contributed by atoms with Gasteiger partial charge in [0, 0.05) is 13.2 Å². The summed E-state index contributed by atoms with van der Waals surface area (Å²) in [5.41, 5.74) is 0. The molecule has 3 unspecified atom stereocenters. The molecule has 1 rings (SSSR count). The van der Waals surface area contributed by atoms with Gasteiger partial charge in [-0.3, -0.25) is 9.59 Å². The molecule has 5 heteroatoms. The Hall–Kier alpha value is -1.10. The Labute approximate surface area is 88.8 Å². The van der Waals surface area contributed by atoms with Gasteiger partial charge in [-0.25, -0.2) is 0 Å². The standard InChI is InChI=1S/C10H17NO4/c1-3-15-8-4-7(8)9(12)11-5-6(2)10(13)14/h6-8H,3-5H2,1-2H3,(H,11,12)(H,13,14). The SMILES string of the molecule is CCOC1CC1C(=O)NCC(C)C(=O)O. The summed E-state index contributed by atoms with van der Waals surface area (Å²) in [6, 6.07) is 0. The minimum Gasteiger partial charge on any atom is -0.481 e. The molecule has 5 nitrogen and oxygen atoms in total. The van der Waals surface area contributed by atoms with Crippen molar-refractivity contribution in [3.05, 3.63) is 0 Å². The van der Waals surface area contributed by atoms with Crippen molar-refractivity contribution in [2.45, 2.75) is 26.4 Å².